The molecule has 0 unspecified atom stereocenters. The Morgan fingerprint density at radius 2 is 1.88 bits per heavy atom. The van der Waals surface area contributed by atoms with E-state index in [4.69, 9.17) is 9.47 Å². The normalized spacial score (nSPS) is 10.6. The highest BCUT2D eigenvalue weighted by Crippen LogP contribution is 2.31. The fourth-order valence-electron chi connectivity index (χ4n) is 2.89. The van der Waals surface area contributed by atoms with Crippen LogP contribution in [0.15, 0.2) is 42.6 Å². The standard InChI is InChI=1S/C21H17F2N3O6/c1-3-31-21(28)16-10-24-19-15(8-12(22)9-17(19)23)20(16)32-11-18(27)25(2)13-4-6-14(7-5-13)26(29)30/h4-10H,3,11H2,1-2H3. The third kappa shape index (κ3) is 4.61. The summed E-state index contributed by atoms with van der Waals surface area (Å²) >= 11 is 0. The number of nitro benzene ring substituents is 1. The van der Waals surface area contributed by atoms with E-state index in [2.05, 4.69) is 4.98 Å². The molecule has 0 radical (unpaired) electrons. The molecule has 0 aliphatic rings. The van der Waals surface area contributed by atoms with Crippen LogP contribution < -0.4 is 9.64 Å². The Labute approximate surface area is 180 Å². The van der Waals surface area contributed by atoms with Crippen molar-refractivity contribution in [3.05, 3.63) is 69.9 Å². The van der Waals surface area contributed by atoms with Crippen LogP contribution in [0.25, 0.3) is 10.9 Å². The minimum atomic E-state index is -0.963. The first-order chi connectivity index (χ1) is 15.2. The number of non-ortho nitro benzene ring substituents is 1. The third-order valence-electron chi connectivity index (χ3n) is 4.50. The number of hydrogen-bond donors (Lipinski definition) is 0. The van der Waals surface area contributed by atoms with Crippen molar-refractivity contribution in [3.63, 3.8) is 0 Å². The molecule has 2 aromatic carbocycles. The number of aromatic nitrogens is 1. The van der Waals surface area contributed by atoms with Crippen LogP contribution in [-0.2, 0) is 9.53 Å². The lowest BCUT2D eigenvalue weighted by Gasteiger charge is -2.19. The van der Waals surface area contributed by atoms with Gasteiger partial charge in [-0.2, -0.15) is 0 Å². The van der Waals surface area contributed by atoms with Gasteiger partial charge in [-0.3, -0.25) is 19.9 Å². The zero-order chi connectivity index (χ0) is 23.4. The van der Waals surface area contributed by atoms with Crippen molar-refractivity contribution < 1.29 is 32.8 Å². The van der Waals surface area contributed by atoms with E-state index in [0.717, 1.165) is 12.3 Å². The van der Waals surface area contributed by atoms with E-state index in [-0.39, 0.29) is 34.5 Å². The van der Waals surface area contributed by atoms with Gasteiger partial charge >= 0.3 is 5.97 Å². The maximum Gasteiger partial charge on any atom is 0.343 e. The molecule has 1 amide bonds. The van der Waals surface area contributed by atoms with Crippen LogP contribution in [0, 0.1) is 21.7 Å². The Morgan fingerprint density at radius 3 is 2.50 bits per heavy atom. The van der Waals surface area contributed by atoms with Crippen LogP contribution in [0.2, 0.25) is 0 Å². The van der Waals surface area contributed by atoms with Gasteiger partial charge in [0.05, 0.1) is 11.5 Å². The number of halogens is 2. The Morgan fingerprint density at radius 1 is 1.19 bits per heavy atom. The Kier molecular flexibility index (Phi) is 6.57. The van der Waals surface area contributed by atoms with Gasteiger partial charge in [0, 0.05) is 42.5 Å². The molecular weight excluding hydrogens is 428 g/mol. The van der Waals surface area contributed by atoms with E-state index in [1.54, 1.807) is 6.92 Å². The second kappa shape index (κ2) is 9.33. The molecule has 166 valence electrons. The number of anilines is 1. The SMILES string of the molecule is CCOC(=O)c1cnc2c(F)cc(F)cc2c1OCC(=O)N(C)c1ccc([N+](=O)[O-])cc1. The lowest BCUT2D eigenvalue weighted by molar-refractivity contribution is -0.384. The number of nitro groups is 1. The molecule has 1 heterocycles. The second-order valence-corrected chi connectivity index (χ2v) is 6.52. The van der Waals surface area contributed by atoms with E-state index in [0.29, 0.717) is 11.8 Å². The minimum absolute atomic E-state index is 0.0373. The van der Waals surface area contributed by atoms with Crippen molar-refractivity contribution in [1.29, 1.82) is 0 Å². The van der Waals surface area contributed by atoms with Crippen molar-refractivity contribution in [2.24, 2.45) is 0 Å². The monoisotopic (exact) mass is 445 g/mol. The molecule has 1 aromatic heterocycles. The average molecular weight is 445 g/mol. The molecule has 32 heavy (non-hydrogen) atoms. The maximum absolute atomic E-state index is 14.1. The van der Waals surface area contributed by atoms with Gasteiger partial charge in [-0.05, 0) is 25.1 Å². The zero-order valence-corrected chi connectivity index (χ0v) is 17.0. The number of hydrogen-bond acceptors (Lipinski definition) is 7. The summed E-state index contributed by atoms with van der Waals surface area (Å²) in [7, 11) is 1.42. The number of carbonyl (C=O) groups excluding carboxylic acids is 2. The van der Waals surface area contributed by atoms with Crippen molar-refractivity contribution in [3.8, 4) is 5.75 Å². The van der Waals surface area contributed by atoms with Crippen molar-refractivity contribution in [2.45, 2.75) is 6.92 Å². The number of fused-ring (bicyclic) bond motifs is 1. The number of pyridine rings is 1. The smallest absolute Gasteiger partial charge is 0.343 e. The molecular formula is C21H17F2N3O6. The average Bonchev–Trinajstić information content (AvgIpc) is 2.76. The summed E-state index contributed by atoms with van der Waals surface area (Å²) in [5.41, 5.74) is -0.232. The topological polar surface area (TPSA) is 112 Å². The number of esters is 1. The first-order valence-electron chi connectivity index (χ1n) is 9.31. The van der Waals surface area contributed by atoms with Gasteiger partial charge in [0.25, 0.3) is 11.6 Å². The molecule has 0 bridgehead atoms. The van der Waals surface area contributed by atoms with E-state index >= 15 is 0 Å². The zero-order valence-electron chi connectivity index (χ0n) is 17.0. The van der Waals surface area contributed by atoms with Crippen molar-refractivity contribution in [1.82, 2.24) is 4.98 Å². The molecule has 0 saturated carbocycles. The summed E-state index contributed by atoms with van der Waals surface area (Å²) < 4.78 is 38.4. The van der Waals surface area contributed by atoms with E-state index in [1.165, 1.54) is 36.2 Å². The molecule has 3 aromatic rings. The lowest BCUT2D eigenvalue weighted by Crippen LogP contribution is -2.31. The van der Waals surface area contributed by atoms with E-state index in [1.807, 2.05) is 0 Å². The quantitative estimate of drug-likeness (QED) is 0.310. The van der Waals surface area contributed by atoms with Crippen LogP contribution >= 0.6 is 0 Å². The predicted molar refractivity (Wildman–Crippen MR) is 110 cm³/mol. The molecule has 0 N–H and O–H groups in total. The number of likely N-dealkylation sites (N-methyl/N-ethyl adjacent to an activating group) is 1. The van der Waals surface area contributed by atoms with Gasteiger partial charge < -0.3 is 14.4 Å². The molecule has 0 atom stereocenters. The summed E-state index contributed by atoms with van der Waals surface area (Å²) in [5.74, 6) is -3.56. The van der Waals surface area contributed by atoms with Crippen LogP contribution in [0.1, 0.15) is 17.3 Å². The first-order valence-corrected chi connectivity index (χ1v) is 9.31. The van der Waals surface area contributed by atoms with Crippen molar-refractivity contribution >= 4 is 34.2 Å². The van der Waals surface area contributed by atoms with Crippen LogP contribution in [0.4, 0.5) is 20.2 Å². The molecule has 9 nitrogen and oxygen atoms in total. The maximum atomic E-state index is 14.1. The highest BCUT2D eigenvalue weighted by atomic mass is 19.1. The number of amides is 1. The molecule has 0 saturated heterocycles. The minimum Gasteiger partial charge on any atom is -0.482 e. The lowest BCUT2D eigenvalue weighted by atomic mass is 10.1. The first kappa shape index (κ1) is 22.5. The number of ether oxygens (including phenoxy) is 2. The largest absolute Gasteiger partial charge is 0.482 e. The third-order valence-corrected chi connectivity index (χ3v) is 4.50. The summed E-state index contributed by atoms with van der Waals surface area (Å²) in [4.78, 5) is 40.1. The fourth-order valence-corrected chi connectivity index (χ4v) is 2.89. The van der Waals surface area contributed by atoms with Gasteiger partial charge in [-0.15, -0.1) is 0 Å². The summed E-state index contributed by atoms with van der Waals surface area (Å²) in [6, 6.07) is 6.81. The Bertz CT molecular complexity index is 1200. The fraction of sp³-hybridized carbons (Fsp3) is 0.190. The van der Waals surface area contributed by atoms with E-state index < -0.39 is 35.0 Å². The number of carbonyl (C=O) groups is 2. The van der Waals surface area contributed by atoms with Gasteiger partial charge in [0.2, 0.25) is 0 Å². The second-order valence-electron chi connectivity index (χ2n) is 6.52. The van der Waals surface area contributed by atoms with Gasteiger partial charge in [-0.1, -0.05) is 0 Å². The molecule has 11 heteroatoms. The summed E-state index contributed by atoms with van der Waals surface area (Å²) in [6.07, 6.45) is 1.03. The number of rotatable bonds is 7. The van der Waals surface area contributed by atoms with Gasteiger partial charge in [0.1, 0.15) is 22.6 Å². The summed E-state index contributed by atoms with van der Waals surface area (Å²) in [5, 5.41) is 10.6. The summed E-state index contributed by atoms with van der Waals surface area (Å²) in [6.45, 7) is 1.02. The highest BCUT2D eigenvalue weighted by molar-refractivity contribution is 6.00. The van der Waals surface area contributed by atoms with Crippen LogP contribution in [0.3, 0.4) is 0 Å². The van der Waals surface area contributed by atoms with Crippen LogP contribution in [-0.4, -0.2) is 42.0 Å². The molecule has 3 rings (SSSR count). The van der Waals surface area contributed by atoms with Crippen molar-refractivity contribution in [2.75, 3.05) is 25.2 Å². The number of benzene rings is 2. The molecule has 0 aliphatic heterocycles. The molecule has 0 spiro atoms. The molecule has 0 fully saturated rings. The van der Waals surface area contributed by atoms with Gasteiger partial charge in [-0.25, -0.2) is 13.6 Å². The Hall–Kier alpha value is -4.15. The number of nitrogens with zero attached hydrogens (tertiary/aromatic N) is 3. The van der Waals surface area contributed by atoms with Gasteiger partial charge in [0.15, 0.2) is 12.4 Å². The Balaban J connectivity index is 1.91. The van der Waals surface area contributed by atoms with Crippen LogP contribution in [0.5, 0.6) is 5.75 Å². The predicted octanol–water partition coefficient (Wildman–Crippen LogP) is 3.64. The highest BCUT2D eigenvalue weighted by Gasteiger charge is 2.22. The van der Waals surface area contributed by atoms with E-state index in [9.17, 15) is 28.5 Å². The molecule has 0 aliphatic carbocycles.